The molecule has 7 heteroatoms. The molecular formula is C15H30O7. The molecule has 1 unspecified atom stereocenters. The molecule has 0 aromatic heterocycles. The number of esters is 1. The van der Waals surface area contributed by atoms with Gasteiger partial charge < -0.3 is 30.3 Å². The van der Waals surface area contributed by atoms with Gasteiger partial charge in [0.2, 0.25) is 6.29 Å². The van der Waals surface area contributed by atoms with Crippen LogP contribution in [0.2, 0.25) is 0 Å². The lowest BCUT2D eigenvalue weighted by atomic mass is 10.1. The number of carbonyl (C=O) groups excluding carboxylic acids is 1. The maximum absolute atomic E-state index is 11.5. The molecule has 0 radical (unpaired) electrons. The van der Waals surface area contributed by atoms with Crippen molar-refractivity contribution in [2.24, 2.45) is 0 Å². The molecule has 0 aliphatic rings. The Kier molecular flexibility index (Phi) is 12.4. The number of rotatable bonds is 13. The fourth-order valence-electron chi connectivity index (χ4n) is 1.99. The molecule has 0 amide bonds. The number of hydrogen-bond donors (Lipinski definition) is 5. The average Bonchev–Trinajstić information content (AvgIpc) is 2.51. The van der Waals surface area contributed by atoms with E-state index in [9.17, 15) is 20.1 Å². The molecule has 132 valence electrons. The van der Waals surface area contributed by atoms with E-state index in [1.54, 1.807) is 0 Å². The monoisotopic (exact) mass is 322 g/mol. The van der Waals surface area contributed by atoms with Crippen molar-refractivity contribution in [1.29, 1.82) is 0 Å². The number of aliphatic hydroxyl groups is 5. The second-order valence-corrected chi connectivity index (χ2v) is 5.48. The third kappa shape index (κ3) is 9.32. The van der Waals surface area contributed by atoms with Crippen LogP contribution in [0.15, 0.2) is 0 Å². The minimum Gasteiger partial charge on any atom is -0.433 e. The zero-order chi connectivity index (χ0) is 17.0. The number of hydrogen-bond acceptors (Lipinski definition) is 7. The van der Waals surface area contributed by atoms with Crippen molar-refractivity contribution in [3.8, 4) is 0 Å². The lowest BCUT2D eigenvalue weighted by Crippen LogP contribution is -2.47. The highest BCUT2D eigenvalue weighted by atomic mass is 16.6. The van der Waals surface area contributed by atoms with Crippen LogP contribution in [-0.4, -0.2) is 62.7 Å². The average molecular weight is 322 g/mol. The second kappa shape index (κ2) is 12.8. The van der Waals surface area contributed by atoms with Gasteiger partial charge in [-0.15, -0.1) is 0 Å². The Labute approximate surface area is 131 Å². The Morgan fingerprint density at radius 3 is 2.00 bits per heavy atom. The summed E-state index contributed by atoms with van der Waals surface area (Å²) in [4.78, 5) is 11.5. The topological polar surface area (TPSA) is 127 Å². The highest BCUT2D eigenvalue weighted by Crippen LogP contribution is 2.11. The van der Waals surface area contributed by atoms with Crippen molar-refractivity contribution in [3.05, 3.63) is 0 Å². The maximum atomic E-state index is 11.5. The molecule has 0 aliphatic carbocycles. The predicted molar refractivity (Wildman–Crippen MR) is 79.8 cm³/mol. The third-order valence-corrected chi connectivity index (χ3v) is 3.46. The molecule has 0 aromatic rings. The summed E-state index contributed by atoms with van der Waals surface area (Å²) in [5, 5.41) is 46.1. The SMILES string of the molecule is CCCCCCCCCC(=O)OC(O)[C@@H](O)[C@H](O)[C@H](O)CO. The van der Waals surface area contributed by atoms with Gasteiger partial charge in [-0.3, -0.25) is 4.79 Å². The first-order valence-electron chi connectivity index (χ1n) is 7.96. The quantitative estimate of drug-likeness (QED) is 0.184. The number of unbranched alkanes of at least 4 members (excludes halogenated alkanes) is 6. The Morgan fingerprint density at radius 2 is 1.45 bits per heavy atom. The van der Waals surface area contributed by atoms with Gasteiger partial charge in [-0.2, -0.15) is 0 Å². The van der Waals surface area contributed by atoms with Crippen LogP contribution < -0.4 is 0 Å². The van der Waals surface area contributed by atoms with Gasteiger partial charge in [0.1, 0.15) is 18.3 Å². The van der Waals surface area contributed by atoms with Gasteiger partial charge in [0.25, 0.3) is 0 Å². The van der Waals surface area contributed by atoms with E-state index in [-0.39, 0.29) is 6.42 Å². The molecule has 0 saturated carbocycles. The van der Waals surface area contributed by atoms with Crippen LogP contribution in [-0.2, 0) is 9.53 Å². The van der Waals surface area contributed by atoms with Crippen LogP contribution >= 0.6 is 0 Å². The molecule has 0 spiro atoms. The van der Waals surface area contributed by atoms with Crippen molar-refractivity contribution in [2.45, 2.75) is 82.9 Å². The van der Waals surface area contributed by atoms with Gasteiger partial charge in [0.15, 0.2) is 0 Å². The molecule has 4 atom stereocenters. The summed E-state index contributed by atoms with van der Waals surface area (Å²) in [6, 6.07) is 0. The van der Waals surface area contributed by atoms with E-state index in [0.717, 1.165) is 19.3 Å². The largest absolute Gasteiger partial charge is 0.433 e. The lowest BCUT2D eigenvalue weighted by Gasteiger charge is -2.25. The molecule has 0 heterocycles. The zero-order valence-electron chi connectivity index (χ0n) is 13.2. The molecule has 7 nitrogen and oxygen atoms in total. The fraction of sp³-hybridized carbons (Fsp3) is 0.933. The maximum Gasteiger partial charge on any atom is 0.308 e. The molecule has 0 aromatic carbocycles. The molecule has 0 fully saturated rings. The van der Waals surface area contributed by atoms with E-state index < -0.39 is 37.2 Å². The van der Waals surface area contributed by atoms with Gasteiger partial charge in [-0.25, -0.2) is 0 Å². The standard InChI is InChI=1S/C15H30O7/c1-2-3-4-5-6-7-8-9-12(18)22-15(21)14(20)13(19)11(17)10-16/h11,13-17,19-21H,2-10H2,1H3/t11-,13-,14+,15?/m1/s1. The van der Waals surface area contributed by atoms with E-state index >= 15 is 0 Å². The minimum atomic E-state index is -1.94. The molecule has 22 heavy (non-hydrogen) atoms. The number of ether oxygens (including phenoxy) is 1. The van der Waals surface area contributed by atoms with Crippen molar-refractivity contribution in [1.82, 2.24) is 0 Å². The van der Waals surface area contributed by atoms with Gasteiger partial charge in [-0.1, -0.05) is 45.4 Å². The summed E-state index contributed by atoms with van der Waals surface area (Å²) in [6.07, 6.45) is 0.185. The fourth-order valence-corrected chi connectivity index (χ4v) is 1.99. The summed E-state index contributed by atoms with van der Waals surface area (Å²) < 4.78 is 4.59. The Morgan fingerprint density at radius 1 is 0.909 bits per heavy atom. The Bertz CT molecular complexity index is 285. The smallest absolute Gasteiger partial charge is 0.308 e. The molecule has 0 aliphatic heterocycles. The van der Waals surface area contributed by atoms with Crippen molar-refractivity contribution in [3.63, 3.8) is 0 Å². The molecular weight excluding hydrogens is 292 g/mol. The van der Waals surface area contributed by atoms with E-state index in [1.165, 1.54) is 19.3 Å². The van der Waals surface area contributed by atoms with E-state index in [2.05, 4.69) is 11.7 Å². The van der Waals surface area contributed by atoms with E-state index in [0.29, 0.717) is 6.42 Å². The van der Waals surface area contributed by atoms with Gasteiger partial charge in [0, 0.05) is 6.42 Å². The normalized spacial score (nSPS) is 16.8. The Hall–Kier alpha value is -0.730. The van der Waals surface area contributed by atoms with Gasteiger partial charge in [-0.05, 0) is 6.42 Å². The third-order valence-electron chi connectivity index (χ3n) is 3.46. The lowest BCUT2D eigenvalue weighted by molar-refractivity contribution is -0.209. The Balaban J connectivity index is 3.81. The molecule has 5 N–H and O–H groups in total. The van der Waals surface area contributed by atoms with Crippen LogP contribution in [0.5, 0.6) is 0 Å². The highest BCUT2D eigenvalue weighted by Gasteiger charge is 2.32. The first-order valence-corrected chi connectivity index (χ1v) is 7.96. The number of carbonyl (C=O) groups is 1. The van der Waals surface area contributed by atoms with Crippen LogP contribution in [0.25, 0.3) is 0 Å². The van der Waals surface area contributed by atoms with E-state index in [4.69, 9.17) is 10.2 Å². The van der Waals surface area contributed by atoms with Crippen molar-refractivity contribution in [2.75, 3.05) is 6.61 Å². The molecule has 0 rings (SSSR count). The van der Waals surface area contributed by atoms with Crippen molar-refractivity contribution < 1.29 is 35.1 Å². The minimum absolute atomic E-state index is 0.121. The number of aliphatic hydroxyl groups excluding tert-OH is 5. The summed E-state index contributed by atoms with van der Waals surface area (Å²) in [6.45, 7) is 1.36. The first-order chi connectivity index (χ1) is 10.4. The van der Waals surface area contributed by atoms with Crippen LogP contribution in [0, 0.1) is 0 Å². The molecule has 0 saturated heterocycles. The van der Waals surface area contributed by atoms with Crippen molar-refractivity contribution >= 4 is 5.97 Å². The molecule has 0 bridgehead atoms. The highest BCUT2D eigenvalue weighted by molar-refractivity contribution is 5.69. The summed E-state index contributed by atoms with van der Waals surface area (Å²) in [5.74, 6) is -0.675. The van der Waals surface area contributed by atoms with E-state index in [1.807, 2.05) is 0 Å². The van der Waals surface area contributed by atoms with Crippen LogP contribution in [0.4, 0.5) is 0 Å². The summed E-state index contributed by atoms with van der Waals surface area (Å²) in [7, 11) is 0. The second-order valence-electron chi connectivity index (χ2n) is 5.48. The zero-order valence-corrected chi connectivity index (χ0v) is 13.2. The summed E-state index contributed by atoms with van der Waals surface area (Å²) >= 11 is 0. The predicted octanol–water partition coefficient (Wildman–Crippen LogP) is 0.0637. The first kappa shape index (κ1) is 21.3. The van der Waals surface area contributed by atoms with Crippen LogP contribution in [0.3, 0.4) is 0 Å². The summed E-state index contributed by atoms with van der Waals surface area (Å²) in [5.41, 5.74) is 0. The van der Waals surface area contributed by atoms with Gasteiger partial charge in [0.05, 0.1) is 6.61 Å². The van der Waals surface area contributed by atoms with Crippen LogP contribution in [0.1, 0.15) is 58.3 Å². The van der Waals surface area contributed by atoms with Gasteiger partial charge >= 0.3 is 5.97 Å².